The molecule has 5 nitrogen and oxygen atoms in total. The number of para-hydroxylation sites is 1. The molecule has 0 aliphatic carbocycles. The highest BCUT2D eigenvalue weighted by Gasteiger charge is 2.14. The van der Waals surface area contributed by atoms with Crippen molar-refractivity contribution in [3.63, 3.8) is 0 Å². The fraction of sp³-hybridized carbons (Fsp3) is 0.235. The highest BCUT2D eigenvalue weighted by Crippen LogP contribution is 2.23. The Labute approximate surface area is 129 Å². The molecule has 0 heterocycles. The Balaban J connectivity index is 1.80. The summed E-state index contributed by atoms with van der Waals surface area (Å²) in [6.07, 6.45) is -1.43. The van der Waals surface area contributed by atoms with Gasteiger partial charge in [-0.05, 0) is 11.6 Å². The lowest BCUT2D eigenvalue weighted by molar-refractivity contribution is 0.125. The van der Waals surface area contributed by atoms with Gasteiger partial charge < -0.3 is 19.9 Å². The van der Waals surface area contributed by atoms with Crippen LogP contribution in [-0.2, 0) is 11.3 Å². The monoisotopic (exact) mass is 301 g/mol. The maximum Gasteiger partial charge on any atom is 0.407 e. The Kier molecular flexibility index (Phi) is 5.80. The first-order valence-electron chi connectivity index (χ1n) is 6.96. The number of nitrogens with one attached hydrogen (secondary N) is 1. The normalized spacial score (nSPS) is 11.5. The second-order valence-corrected chi connectivity index (χ2v) is 4.70. The number of alkyl carbamates (subject to hydrolysis) is 1. The van der Waals surface area contributed by atoms with Crippen molar-refractivity contribution in [2.24, 2.45) is 0 Å². The van der Waals surface area contributed by atoms with Crippen molar-refractivity contribution in [3.05, 3.63) is 65.7 Å². The molecule has 116 valence electrons. The Morgan fingerprint density at radius 1 is 1.14 bits per heavy atom. The summed E-state index contributed by atoms with van der Waals surface area (Å²) in [6.45, 7) is 0.241. The average molecular weight is 301 g/mol. The lowest BCUT2D eigenvalue weighted by Gasteiger charge is -2.15. The van der Waals surface area contributed by atoms with Gasteiger partial charge in [0.15, 0.2) is 0 Å². The largest absolute Gasteiger partial charge is 0.496 e. The third-order valence-corrected chi connectivity index (χ3v) is 3.15. The van der Waals surface area contributed by atoms with Gasteiger partial charge in [-0.25, -0.2) is 4.79 Å². The first kappa shape index (κ1) is 15.9. The number of rotatable bonds is 6. The van der Waals surface area contributed by atoms with Gasteiger partial charge in [0.25, 0.3) is 0 Å². The molecule has 0 fully saturated rings. The van der Waals surface area contributed by atoms with Crippen LogP contribution in [0.5, 0.6) is 5.75 Å². The third-order valence-electron chi connectivity index (χ3n) is 3.15. The number of amides is 1. The summed E-state index contributed by atoms with van der Waals surface area (Å²) < 4.78 is 10.3. The smallest absolute Gasteiger partial charge is 0.407 e. The van der Waals surface area contributed by atoms with E-state index in [1.807, 2.05) is 36.4 Å². The number of benzene rings is 2. The highest BCUT2D eigenvalue weighted by atomic mass is 16.5. The summed E-state index contributed by atoms with van der Waals surface area (Å²) in [4.78, 5) is 11.6. The third kappa shape index (κ3) is 4.49. The summed E-state index contributed by atoms with van der Waals surface area (Å²) in [5, 5.41) is 12.7. The molecule has 0 aromatic heterocycles. The molecule has 0 spiro atoms. The van der Waals surface area contributed by atoms with E-state index >= 15 is 0 Å². The molecular weight excluding hydrogens is 282 g/mol. The van der Waals surface area contributed by atoms with Crippen molar-refractivity contribution >= 4 is 6.09 Å². The molecule has 2 aromatic rings. The zero-order valence-electron chi connectivity index (χ0n) is 12.4. The Morgan fingerprint density at radius 2 is 1.82 bits per heavy atom. The number of methoxy groups -OCH3 is 1. The number of hydrogen-bond donors (Lipinski definition) is 2. The van der Waals surface area contributed by atoms with Gasteiger partial charge in [0.05, 0.1) is 19.8 Å². The fourth-order valence-electron chi connectivity index (χ4n) is 2.01. The molecule has 0 radical (unpaired) electrons. The second kappa shape index (κ2) is 8.05. The molecule has 5 heteroatoms. The van der Waals surface area contributed by atoms with Crippen LogP contribution in [-0.4, -0.2) is 24.9 Å². The first-order valence-corrected chi connectivity index (χ1v) is 6.96. The summed E-state index contributed by atoms with van der Waals surface area (Å²) >= 11 is 0. The van der Waals surface area contributed by atoms with Crippen molar-refractivity contribution in [3.8, 4) is 5.75 Å². The zero-order valence-corrected chi connectivity index (χ0v) is 12.4. The summed E-state index contributed by atoms with van der Waals surface area (Å²) in [5.74, 6) is 0.578. The predicted octanol–water partition coefficient (Wildman–Crippen LogP) is 2.66. The van der Waals surface area contributed by atoms with E-state index in [0.717, 1.165) is 5.56 Å². The van der Waals surface area contributed by atoms with Crippen molar-refractivity contribution in [2.75, 3.05) is 13.7 Å². The highest BCUT2D eigenvalue weighted by molar-refractivity contribution is 5.67. The van der Waals surface area contributed by atoms with Crippen molar-refractivity contribution in [1.29, 1.82) is 0 Å². The molecule has 0 aliphatic rings. The van der Waals surface area contributed by atoms with Crippen LogP contribution in [0.25, 0.3) is 0 Å². The summed E-state index contributed by atoms with van der Waals surface area (Å²) in [6, 6.07) is 16.5. The predicted molar refractivity (Wildman–Crippen MR) is 82.6 cm³/mol. The van der Waals surface area contributed by atoms with Crippen LogP contribution in [0.2, 0.25) is 0 Å². The van der Waals surface area contributed by atoms with Crippen LogP contribution in [0.15, 0.2) is 54.6 Å². The van der Waals surface area contributed by atoms with Crippen LogP contribution in [0.4, 0.5) is 4.79 Å². The number of aliphatic hydroxyl groups is 1. The van der Waals surface area contributed by atoms with Gasteiger partial charge in [0.1, 0.15) is 12.4 Å². The van der Waals surface area contributed by atoms with Crippen LogP contribution in [0.1, 0.15) is 17.2 Å². The number of aliphatic hydroxyl groups excluding tert-OH is 1. The van der Waals surface area contributed by atoms with Crippen molar-refractivity contribution < 1.29 is 19.4 Å². The second-order valence-electron chi connectivity index (χ2n) is 4.70. The van der Waals surface area contributed by atoms with E-state index in [4.69, 9.17) is 9.47 Å². The molecular formula is C17H19NO4. The summed E-state index contributed by atoms with van der Waals surface area (Å²) in [7, 11) is 1.53. The Morgan fingerprint density at radius 3 is 2.55 bits per heavy atom. The van der Waals surface area contributed by atoms with Crippen molar-refractivity contribution in [1.82, 2.24) is 5.32 Å². The van der Waals surface area contributed by atoms with Gasteiger partial charge >= 0.3 is 6.09 Å². The molecule has 2 N–H and O–H groups in total. The van der Waals surface area contributed by atoms with E-state index in [1.54, 1.807) is 18.2 Å². The molecule has 0 bridgehead atoms. The van der Waals surface area contributed by atoms with E-state index in [2.05, 4.69) is 5.32 Å². The minimum atomic E-state index is -0.861. The molecule has 0 saturated heterocycles. The van der Waals surface area contributed by atoms with E-state index in [-0.39, 0.29) is 13.2 Å². The molecule has 0 aliphatic heterocycles. The van der Waals surface area contributed by atoms with E-state index < -0.39 is 12.2 Å². The van der Waals surface area contributed by atoms with Gasteiger partial charge in [0.2, 0.25) is 0 Å². The van der Waals surface area contributed by atoms with Crippen LogP contribution in [0, 0.1) is 0 Å². The number of ether oxygens (including phenoxy) is 2. The molecule has 22 heavy (non-hydrogen) atoms. The summed E-state index contributed by atoms with van der Waals surface area (Å²) in [5.41, 5.74) is 1.52. The molecule has 1 amide bonds. The minimum Gasteiger partial charge on any atom is -0.496 e. The van der Waals surface area contributed by atoms with Gasteiger partial charge in [-0.2, -0.15) is 0 Å². The number of hydrogen-bond acceptors (Lipinski definition) is 4. The molecule has 0 saturated carbocycles. The lowest BCUT2D eigenvalue weighted by atomic mass is 10.1. The van der Waals surface area contributed by atoms with Gasteiger partial charge in [-0.15, -0.1) is 0 Å². The number of carbonyl (C=O) groups excluding carboxylic acids is 1. The Hall–Kier alpha value is -2.53. The van der Waals surface area contributed by atoms with Crippen LogP contribution >= 0.6 is 0 Å². The molecule has 1 atom stereocenters. The van der Waals surface area contributed by atoms with E-state index in [9.17, 15) is 9.90 Å². The first-order chi connectivity index (χ1) is 10.7. The quantitative estimate of drug-likeness (QED) is 0.860. The van der Waals surface area contributed by atoms with Crippen LogP contribution in [0.3, 0.4) is 0 Å². The zero-order chi connectivity index (χ0) is 15.8. The Bertz CT molecular complexity index is 601. The van der Waals surface area contributed by atoms with E-state index in [0.29, 0.717) is 11.3 Å². The topological polar surface area (TPSA) is 67.8 Å². The van der Waals surface area contributed by atoms with E-state index in [1.165, 1.54) is 7.11 Å². The van der Waals surface area contributed by atoms with Gasteiger partial charge in [-0.3, -0.25) is 0 Å². The van der Waals surface area contributed by atoms with Gasteiger partial charge in [0, 0.05) is 5.56 Å². The number of carbonyl (C=O) groups is 1. The van der Waals surface area contributed by atoms with Gasteiger partial charge in [-0.1, -0.05) is 48.5 Å². The lowest BCUT2D eigenvalue weighted by Crippen LogP contribution is -2.29. The fourth-order valence-corrected chi connectivity index (χ4v) is 2.01. The molecule has 2 aromatic carbocycles. The molecule has 1 unspecified atom stereocenters. The maximum atomic E-state index is 11.6. The standard InChI is InChI=1S/C17H19NO4/c1-21-16-10-6-5-9-14(16)15(19)11-18-17(20)22-12-13-7-3-2-4-8-13/h2-10,15,19H,11-12H2,1H3,(H,18,20). The maximum absolute atomic E-state index is 11.6. The van der Waals surface area contributed by atoms with Crippen molar-refractivity contribution in [2.45, 2.75) is 12.7 Å². The SMILES string of the molecule is COc1ccccc1C(O)CNC(=O)OCc1ccccc1. The molecule has 2 rings (SSSR count). The average Bonchev–Trinajstić information content (AvgIpc) is 2.58. The minimum absolute atomic E-state index is 0.0496. The van der Waals surface area contributed by atoms with Crippen LogP contribution < -0.4 is 10.1 Å².